The van der Waals surface area contributed by atoms with Gasteiger partial charge in [0.2, 0.25) is 0 Å². The number of nitrogens with one attached hydrogen (secondary N) is 1. The van der Waals surface area contributed by atoms with Crippen LogP contribution in [0.3, 0.4) is 0 Å². The van der Waals surface area contributed by atoms with Gasteiger partial charge >= 0.3 is 6.03 Å². The van der Waals surface area contributed by atoms with Crippen molar-refractivity contribution < 1.29 is 9.18 Å². The van der Waals surface area contributed by atoms with Crippen molar-refractivity contribution in [2.75, 3.05) is 18.4 Å². The van der Waals surface area contributed by atoms with Gasteiger partial charge in [-0.2, -0.15) is 0 Å². The molecule has 2 aromatic rings. The van der Waals surface area contributed by atoms with Crippen LogP contribution in [0, 0.1) is 19.7 Å². The lowest BCUT2D eigenvalue weighted by Crippen LogP contribution is -2.43. The Morgan fingerprint density at radius 3 is 2.91 bits per heavy atom. The first-order chi connectivity index (χ1) is 11.0. The summed E-state index contributed by atoms with van der Waals surface area (Å²) in [7, 11) is 0. The van der Waals surface area contributed by atoms with E-state index in [0.717, 1.165) is 24.0 Å². The van der Waals surface area contributed by atoms with Gasteiger partial charge in [0.15, 0.2) is 0 Å². The number of hydrogen-bond donors (Lipinski definition) is 1. The van der Waals surface area contributed by atoms with Crippen LogP contribution in [0.4, 0.5) is 14.9 Å². The monoisotopic (exact) mass is 317 g/mol. The molecule has 1 aliphatic heterocycles. The number of amides is 2. The highest BCUT2D eigenvalue weighted by Crippen LogP contribution is 2.24. The Labute approximate surface area is 134 Å². The quantitative estimate of drug-likeness (QED) is 0.926. The Balaban J connectivity index is 1.71. The van der Waals surface area contributed by atoms with Gasteiger partial charge < -0.3 is 10.2 Å². The van der Waals surface area contributed by atoms with Crippen LogP contribution in [0.1, 0.15) is 30.0 Å². The number of likely N-dealkylation sites (tertiary alicyclic amines) is 1. The van der Waals surface area contributed by atoms with Crippen molar-refractivity contribution >= 4 is 11.7 Å². The molecule has 1 atom stereocenters. The van der Waals surface area contributed by atoms with Gasteiger partial charge in [-0.15, -0.1) is 5.10 Å². The summed E-state index contributed by atoms with van der Waals surface area (Å²) in [5.74, 6) is -0.402. The van der Waals surface area contributed by atoms with Crippen LogP contribution in [-0.4, -0.2) is 39.0 Å². The zero-order valence-corrected chi connectivity index (χ0v) is 13.3. The lowest BCUT2D eigenvalue weighted by molar-refractivity contribution is 0.174. The summed E-state index contributed by atoms with van der Waals surface area (Å²) < 4.78 is 15.9. The average molecular weight is 317 g/mol. The number of aromatic nitrogens is 3. The molecule has 0 bridgehead atoms. The first-order valence-corrected chi connectivity index (χ1v) is 7.73. The van der Waals surface area contributed by atoms with Crippen molar-refractivity contribution in [2.24, 2.45) is 0 Å². The van der Waals surface area contributed by atoms with E-state index < -0.39 is 5.82 Å². The molecule has 1 unspecified atom stereocenters. The molecule has 1 aromatic carbocycles. The molecule has 3 rings (SSSR count). The van der Waals surface area contributed by atoms with Gasteiger partial charge in [0.05, 0.1) is 17.9 Å². The molecule has 1 N–H and O–H groups in total. The van der Waals surface area contributed by atoms with E-state index in [2.05, 4.69) is 15.6 Å². The number of aryl methyl sites for hydroxylation is 2. The molecular weight excluding hydrogens is 297 g/mol. The molecule has 7 heteroatoms. The van der Waals surface area contributed by atoms with E-state index in [-0.39, 0.29) is 17.8 Å². The summed E-state index contributed by atoms with van der Waals surface area (Å²) >= 11 is 0. The summed E-state index contributed by atoms with van der Waals surface area (Å²) in [5.41, 5.74) is 1.81. The van der Waals surface area contributed by atoms with Crippen LogP contribution in [0.2, 0.25) is 0 Å². The average Bonchev–Trinajstić information content (AvgIpc) is 3.05. The van der Waals surface area contributed by atoms with Crippen LogP contribution in [0.5, 0.6) is 0 Å². The van der Waals surface area contributed by atoms with Crippen LogP contribution >= 0.6 is 0 Å². The fourth-order valence-electron chi connectivity index (χ4n) is 3.03. The molecule has 2 amide bonds. The Morgan fingerprint density at radius 1 is 1.39 bits per heavy atom. The van der Waals surface area contributed by atoms with Crippen molar-refractivity contribution in [1.82, 2.24) is 19.9 Å². The lowest BCUT2D eigenvalue weighted by Gasteiger charge is -2.32. The summed E-state index contributed by atoms with van der Waals surface area (Å²) in [4.78, 5) is 14.2. The van der Waals surface area contributed by atoms with Gasteiger partial charge in [-0.1, -0.05) is 11.3 Å². The SMILES string of the molecule is Cc1cc(C)c(NC(=O)N2CCCC(n3ccnn3)C2)c(F)c1. The third-order valence-electron chi connectivity index (χ3n) is 4.16. The topological polar surface area (TPSA) is 63.1 Å². The van der Waals surface area contributed by atoms with E-state index in [9.17, 15) is 9.18 Å². The first kappa shape index (κ1) is 15.5. The number of carbonyl (C=O) groups is 1. The molecule has 23 heavy (non-hydrogen) atoms. The second-order valence-electron chi connectivity index (χ2n) is 5.99. The third-order valence-corrected chi connectivity index (χ3v) is 4.16. The summed E-state index contributed by atoms with van der Waals surface area (Å²) in [5, 5.41) is 10.5. The van der Waals surface area contributed by atoms with Crippen molar-refractivity contribution in [3.8, 4) is 0 Å². The van der Waals surface area contributed by atoms with Gasteiger partial charge in [-0.25, -0.2) is 13.9 Å². The molecule has 1 fully saturated rings. The fraction of sp³-hybridized carbons (Fsp3) is 0.438. The molecule has 0 saturated carbocycles. The van der Waals surface area contributed by atoms with E-state index in [0.29, 0.717) is 13.1 Å². The minimum Gasteiger partial charge on any atom is -0.322 e. The van der Waals surface area contributed by atoms with Crippen LogP contribution in [0.25, 0.3) is 0 Å². The molecule has 1 aromatic heterocycles. The number of hydrogen-bond acceptors (Lipinski definition) is 3. The number of rotatable bonds is 2. The first-order valence-electron chi connectivity index (χ1n) is 7.73. The number of urea groups is 1. The highest BCUT2D eigenvalue weighted by Gasteiger charge is 2.26. The van der Waals surface area contributed by atoms with Gasteiger partial charge in [0, 0.05) is 19.3 Å². The molecule has 6 nitrogen and oxygen atoms in total. The van der Waals surface area contributed by atoms with E-state index in [1.807, 2.05) is 13.0 Å². The maximum absolute atomic E-state index is 14.1. The lowest BCUT2D eigenvalue weighted by atomic mass is 10.1. The Bertz CT molecular complexity index is 677. The molecular formula is C16H20FN5O. The zero-order chi connectivity index (χ0) is 16.4. The second kappa shape index (κ2) is 6.36. The van der Waals surface area contributed by atoms with Gasteiger partial charge in [0.25, 0.3) is 0 Å². The van der Waals surface area contributed by atoms with Gasteiger partial charge in [0.1, 0.15) is 5.82 Å². The van der Waals surface area contributed by atoms with Crippen molar-refractivity contribution in [1.29, 1.82) is 0 Å². The molecule has 122 valence electrons. The fourth-order valence-corrected chi connectivity index (χ4v) is 3.03. The molecule has 1 aliphatic rings. The number of benzene rings is 1. The largest absolute Gasteiger partial charge is 0.322 e. The highest BCUT2D eigenvalue weighted by molar-refractivity contribution is 5.90. The van der Waals surface area contributed by atoms with Crippen molar-refractivity contribution in [3.63, 3.8) is 0 Å². The predicted molar refractivity (Wildman–Crippen MR) is 84.8 cm³/mol. The van der Waals surface area contributed by atoms with Crippen molar-refractivity contribution in [2.45, 2.75) is 32.7 Å². The van der Waals surface area contributed by atoms with E-state index in [4.69, 9.17) is 0 Å². The highest BCUT2D eigenvalue weighted by atomic mass is 19.1. The predicted octanol–water partition coefficient (Wildman–Crippen LogP) is 2.90. The standard InChI is InChI=1S/C16H20FN5O/c1-11-8-12(2)15(14(17)9-11)19-16(23)21-6-3-4-13(10-21)22-7-5-18-20-22/h5,7-9,13H,3-4,6,10H2,1-2H3,(H,19,23). The Kier molecular flexibility index (Phi) is 4.27. The molecule has 0 spiro atoms. The van der Waals surface area contributed by atoms with Crippen LogP contribution in [0.15, 0.2) is 24.5 Å². The molecule has 0 aliphatic carbocycles. The van der Waals surface area contributed by atoms with Crippen molar-refractivity contribution in [3.05, 3.63) is 41.5 Å². The maximum Gasteiger partial charge on any atom is 0.322 e. The number of piperidine rings is 1. The minimum atomic E-state index is -0.402. The van der Waals surface area contributed by atoms with E-state index >= 15 is 0 Å². The number of carbonyl (C=O) groups excluding carboxylic acids is 1. The van der Waals surface area contributed by atoms with Gasteiger partial charge in [-0.05, 0) is 43.9 Å². The summed E-state index contributed by atoms with van der Waals surface area (Å²) in [6, 6.07) is 3.12. The smallest absolute Gasteiger partial charge is 0.322 e. The minimum absolute atomic E-state index is 0.112. The molecule has 0 radical (unpaired) electrons. The zero-order valence-electron chi connectivity index (χ0n) is 13.3. The molecule has 2 heterocycles. The van der Waals surface area contributed by atoms with Crippen LogP contribution < -0.4 is 5.32 Å². The Hall–Kier alpha value is -2.44. The Morgan fingerprint density at radius 2 is 2.22 bits per heavy atom. The maximum atomic E-state index is 14.1. The van der Waals surface area contributed by atoms with E-state index in [1.54, 1.807) is 28.9 Å². The van der Waals surface area contributed by atoms with Gasteiger partial charge in [-0.3, -0.25) is 0 Å². The second-order valence-corrected chi connectivity index (χ2v) is 5.99. The normalized spacial score (nSPS) is 18.0. The summed E-state index contributed by atoms with van der Waals surface area (Å²) in [6.45, 7) is 4.82. The number of anilines is 1. The summed E-state index contributed by atoms with van der Waals surface area (Å²) in [6.07, 6.45) is 5.26. The van der Waals surface area contributed by atoms with Crippen LogP contribution in [-0.2, 0) is 0 Å². The van der Waals surface area contributed by atoms with E-state index in [1.165, 1.54) is 6.07 Å². The third kappa shape index (κ3) is 3.33. The number of nitrogens with zero attached hydrogens (tertiary/aromatic N) is 4. The molecule has 1 saturated heterocycles. The number of halogens is 1.